The molecule has 0 spiro atoms. The molecular weight excluding hydrogens is 350 g/mol. The first-order valence-electron chi connectivity index (χ1n) is 9.50. The minimum Gasteiger partial charge on any atom is -0.374 e. The molecule has 3 rings (SSSR count). The van der Waals surface area contributed by atoms with Gasteiger partial charge in [0, 0.05) is 45.8 Å². The Morgan fingerprint density at radius 2 is 2.00 bits per heavy atom. The van der Waals surface area contributed by atoms with Crippen LogP contribution in [0.1, 0.15) is 6.92 Å². The Morgan fingerprint density at radius 1 is 1.23 bits per heavy atom. The van der Waals surface area contributed by atoms with Gasteiger partial charge in [0.1, 0.15) is 0 Å². The largest absolute Gasteiger partial charge is 0.374 e. The van der Waals surface area contributed by atoms with E-state index < -0.39 is 0 Å². The van der Waals surface area contributed by atoms with Gasteiger partial charge in [-0.1, -0.05) is 23.7 Å². The molecule has 1 aromatic carbocycles. The second-order valence-corrected chi connectivity index (χ2v) is 7.28. The number of nitrogens with zero attached hydrogens (tertiary/aromatic N) is 4. The highest BCUT2D eigenvalue weighted by Gasteiger charge is 2.22. The molecule has 2 saturated heterocycles. The van der Waals surface area contributed by atoms with Crippen molar-refractivity contribution in [2.24, 2.45) is 4.99 Å². The number of hydrogen-bond donors (Lipinski definition) is 1. The van der Waals surface area contributed by atoms with E-state index in [2.05, 4.69) is 40.1 Å². The molecule has 26 heavy (non-hydrogen) atoms. The van der Waals surface area contributed by atoms with Gasteiger partial charge < -0.3 is 24.8 Å². The molecule has 1 atom stereocenters. The van der Waals surface area contributed by atoms with Crippen LogP contribution in [0.4, 0.5) is 5.69 Å². The number of morpholine rings is 1. The number of hydrogen-bond acceptors (Lipinski definition) is 4. The minimum absolute atomic E-state index is 0.187. The van der Waals surface area contributed by atoms with Crippen LogP contribution in [0.25, 0.3) is 0 Å². The van der Waals surface area contributed by atoms with Crippen molar-refractivity contribution >= 4 is 23.2 Å². The highest BCUT2D eigenvalue weighted by atomic mass is 35.5. The summed E-state index contributed by atoms with van der Waals surface area (Å²) in [5.41, 5.74) is 1.12. The van der Waals surface area contributed by atoms with Gasteiger partial charge in [0.15, 0.2) is 5.96 Å². The molecule has 1 unspecified atom stereocenters. The fourth-order valence-electron chi connectivity index (χ4n) is 3.46. The Kier molecular flexibility index (Phi) is 7.00. The number of guanidine groups is 1. The van der Waals surface area contributed by atoms with Gasteiger partial charge in [0.2, 0.25) is 0 Å². The smallest absolute Gasteiger partial charge is 0.194 e. The first-order valence-corrected chi connectivity index (χ1v) is 9.88. The van der Waals surface area contributed by atoms with Gasteiger partial charge in [-0.25, -0.2) is 0 Å². The third-order valence-corrected chi connectivity index (χ3v) is 5.21. The van der Waals surface area contributed by atoms with Gasteiger partial charge >= 0.3 is 0 Å². The third-order valence-electron chi connectivity index (χ3n) is 4.89. The van der Waals surface area contributed by atoms with E-state index in [1.807, 2.05) is 18.2 Å². The number of aliphatic imine (C=N–C) groups is 1. The molecule has 2 aliphatic rings. The van der Waals surface area contributed by atoms with E-state index in [9.17, 15) is 0 Å². The predicted molar refractivity (Wildman–Crippen MR) is 108 cm³/mol. The van der Waals surface area contributed by atoms with E-state index in [1.165, 1.54) is 0 Å². The molecule has 1 N–H and O–H groups in total. The maximum Gasteiger partial charge on any atom is 0.194 e. The highest BCUT2D eigenvalue weighted by Crippen LogP contribution is 2.26. The maximum atomic E-state index is 6.34. The molecule has 0 bridgehead atoms. The lowest BCUT2D eigenvalue weighted by Gasteiger charge is -2.38. The van der Waals surface area contributed by atoms with Gasteiger partial charge in [-0.2, -0.15) is 0 Å². The second-order valence-electron chi connectivity index (χ2n) is 6.88. The fourth-order valence-corrected chi connectivity index (χ4v) is 3.71. The Labute approximate surface area is 161 Å². The molecule has 1 aromatic rings. The Balaban J connectivity index is 1.57. The molecular formula is C19H30ClN5O. The Bertz CT molecular complexity index is 603. The zero-order valence-electron chi connectivity index (χ0n) is 15.8. The normalized spacial score (nSPS) is 22.6. The second kappa shape index (κ2) is 9.44. The number of benzene rings is 1. The van der Waals surface area contributed by atoms with Crippen LogP contribution in [0.5, 0.6) is 0 Å². The molecule has 0 aliphatic carbocycles. The number of likely N-dealkylation sites (N-methyl/N-ethyl adjacent to an activating group) is 1. The summed E-state index contributed by atoms with van der Waals surface area (Å²) in [5, 5.41) is 4.25. The van der Waals surface area contributed by atoms with Gasteiger partial charge in [-0.3, -0.25) is 4.99 Å². The van der Waals surface area contributed by atoms with Crippen LogP contribution >= 0.6 is 11.6 Å². The van der Waals surface area contributed by atoms with Crippen molar-refractivity contribution in [2.75, 3.05) is 70.9 Å². The molecule has 2 aliphatic heterocycles. The summed E-state index contributed by atoms with van der Waals surface area (Å²) in [7, 11) is 2.14. The number of ether oxygens (including phenoxy) is 1. The monoisotopic (exact) mass is 379 g/mol. The zero-order chi connectivity index (χ0) is 18.4. The van der Waals surface area contributed by atoms with Crippen LogP contribution in [-0.2, 0) is 4.74 Å². The summed E-state index contributed by atoms with van der Waals surface area (Å²) in [4.78, 5) is 11.8. The Morgan fingerprint density at radius 3 is 2.69 bits per heavy atom. The molecule has 0 saturated carbocycles. The molecule has 0 radical (unpaired) electrons. The minimum atomic E-state index is 0.187. The van der Waals surface area contributed by atoms with Gasteiger partial charge in [0.05, 0.1) is 30.0 Å². The van der Waals surface area contributed by atoms with Gasteiger partial charge in [-0.15, -0.1) is 0 Å². The molecule has 144 valence electrons. The van der Waals surface area contributed by atoms with Crippen LogP contribution in [0.3, 0.4) is 0 Å². The topological polar surface area (TPSA) is 43.3 Å². The molecule has 2 fully saturated rings. The lowest BCUT2D eigenvalue weighted by molar-refractivity contribution is -0.0137. The van der Waals surface area contributed by atoms with Crippen LogP contribution in [0.2, 0.25) is 5.02 Å². The van der Waals surface area contributed by atoms with Crippen molar-refractivity contribution in [2.45, 2.75) is 13.0 Å². The predicted octanol–water partition coefficient (Wildman–Crippen LogP) is 1.76. The van der Waals surface area contributed by atoms with E-state index in [-0.39, 0.29) is 6.10 Å². The number of nitrogens with one attached hydrogen (secondary N) is 1. The number of rotatable bonds is 4. The molecule has 7 heteroatoms. The number of piperazine rings is 1. The van der Waals surface area contributed by atoms with Crippen molar-refractivity contribution in [3.05, 3.63) is 29.3 Å². The van der Waals surface area contributed by atoms with Crippen molar-refractivity contribution < 1.29 is 4.74 Å². The summed E-state index contributed by atoms with van der Waals surface area (Å²) < 4.78 is 5.83. The SMILES string of the molecule is CCNC(=NCC1CN(C)CCO1)N1CCN(c2ccccc2Cl)CC1. The number of para-hydroxylation sites is 1. The number of anilines is 1. The van der Waals surface area contributed by atoms with Gasteiger partial charge in [0.25, 0.3) is 0 Å². The van der Waals surface area contributed by atoms with E-state index in [0.717, 1.165) is 69.1 Å². The summed E-state index contributed by atoms with van der Waals surface area (Å²) >= 11 is 6.34. The van der Waals surface area contributed by atoms with Crippen molar-refractivity contribution in [1.82, 2.24) is 15.1 Å². The van der Waals surface area contributed by atoms with Crippen LogP contribution < -0.4 is 10.2 Å². The Hall–Kier alpha value is -1.50. The molecule has 0 aromatic heterocycles. The summed E-state index contributed by atoms with van der Waals surface area (Å²) in [5.74, 6) is 0.989. The third kappa shape index (κ3) is 5.02. The van der Waals surface area contributed by atoms with Gasteiger partial charge in [-0.05, 0) is 26.1 Å². The van der Waals surface area contributed by atoms with E-state index in [0.29, 0.717) is 6.54 Å². The zero-order valence-corrected chi connectivity index (χ0v) is 16.6. The van der Waals surface area contributed by atoms with Crippen molar-refractivity contribution in [1.29, 1.82) is 0 Å². The van der Waals surface area contributed by atoms with E-state index in [1.54, 1.807) is 0 Å². The lowest BCUT2D eigenvalue weighted by Crippen LogP contribution is -2.53. The summed E-state index contributed by atoms with van der Waals surface area (Å²) in [6.45, 7) is 10.2. The first kappa shape index (κ1) is 19.3. The average Bonchev–Trinajstić information content (AvgIpc) is 2.66. The quantitative estimate of drug-likeness (QED) is 0.638. The standard InChI is InChI=1S/C19H30ClN5O/c1-3-21-19(22-14-16-15-23(2)12-13-26-16)25-10-8-24(9-11-25)18-7-5-4-6-17(18)20/h4-7,16H,3,8-15H2,1-2H3,(H,21,22). The van der Waals surface area contributed by atoms with Crippen LogP contribution in [-0.4, -0.2) is 87.9 Å². The highest BCUT2D eigenvalue weighted by molar-refractivity contribution is 6.33. The average molecular weight is 380 g/mol. The number of halogens is 1. The molecule has 0 amide bonds. The summed E-state index contributed by atoms with van der Waals surface area (Å²) in [6, 6.07) is 8.06. The summed E-state index contributed by atoms with van der Waals surface area (Å²) in [6.07, 6.45) is 0.187. The maximum absolute atomic E-state index is 6.34. The molecule has 2 heterocycles. The molecule has 6 nitrogen and oxygen atoms in total. The fraction of sp³-hybridized carbons (Fsp3) is 0.632. The van der Waals surface area contributed by atoms with E-state index in [4.69, 9.17) is 21.3 Å². The lowest BCUT2D eigenvalue weighted by atomic mass is 10.2. The van der Waals surface area contributed by atoms with Crippen molar-refractivity contribution in [3.8, 4) is 0 Å². The van der Waals surface area contributed by atoms with Crippen LogP contribution in [0, 0.1) is 0 Å². The van der Waals surface area contributed by atoms with Crippen molar-refractivity contribution in [3.63, 3.8) is 0 Å². The van der Waals surface area contributed by atoms with E-state index >= 15 is 0 Å². The van der Waals surface area contributed by atoms with Crippen LogP contribution in [0.15, 0.2) is 29.3 Å². The first-order chi connectivity index (χ1) is 12.7.